The predicted octanol–water partition coefficient (Wildman–Crippen LogP) is 4.64. The van der Waals surface area contributed by atoms with Crippen LogP contribution in [0, 0.1) is 6.92 Å². The molecule has 0 spiro atoms. The molecule has 31 heavy (non-hydrogen) atoms. The number of aliphatic hydroxyl groups is 1. The van der Waals surface area contributed by atoms with E-state index >= 15 is 0 Å². The van der Waals surface area contributed by atoms with Crippen molar-refractivity contribution in [3.8, 4) is 0 Å². The fourth-order valence-electron chi connectivity index (χ4n) is 4.28. The van der Waals surface area contributed by atoms with Crippen LogP contribution in [0.15, 0.2) is 52.1 Å². The Labute approximate surface area is 182 Å². The highest BCUT2D eigenvalue weighted by molar-refractivity contribution is 6.15. The first-order valence-electron chi connectivity index (χ1n) is 10.7. The fraction of sp³-hybridized carbons (Fsp3) is 0.440. The summed E-state index contributed by atoms with van der Waals surface area (Å²) in [5.41, 5.74) is 1.95. The van der Waals surface area contributed by atoms with Crippen molar-refractivity contribution in [3.63, 3.8) is 0 Å². The number of amides is 1. The van der Waals surface area contributed by atoms with Crippen LogP contribution in [0.5, 0.6) is 0 Å². The van der Waals surface area contributed by atoms with E-state index in [9.17, 15) is 14.7 Å². The smallest absolute Gasteiger partial charge is 0.290 e. The molecule has 164 valence electrons. The zero-order valence-electron chi connectivity index (χ0n) is 18.5. The number of benzene rings is 1. The number of carbonyl (C=O) groups excluding carboxylic acids is 2. The maximum atomic E-state index is 13.3. The first-order valence-corrected chi connectivity index (χ1v) is 10.7. The molecule has 1 aromatic carbocycles. The molecule has 6 heteroatoms. The number of carbonyl (C=O) groups is 2. The van der Waals surface area contributed by atoms with Crippen LogP contribution in [0.1, 0.15) is 67.1 Å². The summed E-state index contributed by atoms with van der Waals surface area (Å²) in [5, 5.41) is 10.7. The van der Waals surface area contributed by atoms with Crippen molar-refractivity contribution >= 4 is 11.7 Å². The van der Waals surface area contributed by atoms with Crippen molar-refractivity contribution < 1.29 is 23.8 Å². The highest BCUT2D eigenvalue weighted by atomic mass is 16.5. The normalized spacial score (nSPS) is 21.9. The van der Waals surface area contributed by atoms with Gasteiger partial charge in [-0.15, -0.1) is 0 Å². The molecule has 2 atom stereocenters. The third-order valence-electron chi connectivity index (χ3n) is 6.03. The van der Waals surface area contributed by atoms with Crippen molar-refractivity contribution in [1.82, 2.24) is 4.90 Å². The summed E-state index contributed by atoms with van der Waals surface area (Å²) in [4.78, 5) is 27.9. The largest absolute Gasteiger partial charge is 0.503 e. The van der Waals surface area contributed by atoms with Crippen molar-refractivity contribution in [1.29, 1.82) is 0 Å². The molecule has 0 bridgehead atoms. The zero-order valence-corrected chi connectivity index (χ0v) is 18.5. The minimum Gasteiger partial charge on any atom is -0.503 e. The second-order valence-corrected chi connectivity index (χ2v) is 9.37. The Hall–Kier alpha value is -2.86. The first kappa shape index (κ1) is 21.4. The predicted molar refractivity (Wildman–Crippen MR) is 116 cm³/mol. The molecule has 0 radical (unpaired) electrons. The maximum absolute atomic E-state index is 13.3. The van der Waals surface area contributed by atoms with Crippen molar-refractivity contribution in [2.75, 3.05) is 13.2 Å². The lowest BCUT2D eigenvalue weighted by Crippen LogP contribution is -2.37. The Morgan fingerprint density at radius 3 is 2.42 bits per heavy atom. The number of aryl methyl sites for hydroxylation is 1. The molecule has 1 N–H and O–H groups in total. The second kappa shape index (κ2) is 8.00. The van der Waals surface area contributed by atoms with Gasteiger partial charge >= 0.3 is 0 Å². The molecule has 4 rings (SSSR count). The molecule has 1 saturated heterocycles. The highest BCUT2D eigenvalue weighted by Gasteiger charge is 2.45. The van der Waals surface area contributed by atoms with Gasteiger partial charge in [0.15, 0.2) is 11.5 Å². The van der Waals surface area contributed by atoms with Gasteiger partial charge in [0.1, 0.15) is 5.76 Å². The summed E-state index contributed by atoms with van der Waals surface area (Å²) in [7, 11) is 0. The average Bonchev–Trinajstić information content (AvgIpc) is 3.44. The highest BCUT2D eigenvalue weighted by Crippen LogP contribution is 2.40. The van der Waals surface area contributed by atoms with Crippen LogP contribution >= 0.6 is 0 Å². The van der Waals surface area contributed by atoms with E-state index in [1.807, 2.05) is 24.3 Å². The summed E-state index contributed by atoms with van der Waals surface area (Å²) in [6.07, 6.45) is 1.68. The van der Waals surface area contributed by atoms with E-state index in [0.717, 1.165) is 24.0 Å². The SMILES string of the molecule is Cc1ccc(C(=O)C2=C(O)C(=O)N(C[C@@H]3CCCO3)[C@H]2c2ccc(C(C)(C)C)cc2)o1. The standard InChI is InChI=1S/C25H29NO5/c1-15-7-12-19(31-15)22(27)20-21(16-8-10-17(11-9-16)25(2,3)4)26(24(29)23(20)28)14-18-6-5-13-30-18/h7-12,18,21,28H,5-6,13-14H2,1-4H3/t18-,21-/m0/s1. The number of nitrogens with zero attached hydrogens (tertiary/aromatic N) is 1. The van der Waals surface area contributed by atoms with Crippen LogP contribution in [0.25, 0.3) is 0 Å². The summed E-state index contributed by atoms with van der Waals surface area (Å²) in [6.45, 7) is 9.12. The van der Waals surface area contributed by atoms with Gasteiger partial charge in [0.25, 0.3) is 5.91 Å². The number of Topliss-reactive ketones (excluding diaryl/α,β-unsaturated/α-hetero) is 1. The molecule has 2 aromatic rings. The summed E-state index contributed by atoms with van der Waals surface area (Å²) >= 11 is 0. The van der Waals surface area contributed by atoms with Crippen LogP contribution in [0.2, 0.25) is 0 Å². The Morgan fingerprint density at radius 2 is 1.87 bits per heavy atom. The first-order chi connectivity index (χ1) is 14.7. The van der Waals surface area contributed by atoms with Gasteiger partial charge in [-0.1, -0.05) is 45.0 Å². The number of hydrogen-bond acceptors (Lipinski definition) is 5. The Balaban J connectivity index is 1.75. The number of hydrogen-bond donors (Lipinski definition) is 1. The molecule has 0 saturated carbocycles. The number of aliphatic hydroxyl groups excluding tert-OH is 1. The topological polar surface area (TPSA) is 80.0 Å². The summed E-state index contributed by atoms with van der Waals surface area (Å²) in [6, 6.07) is 10.5. The van der Waals surface area contributed by atoms with Gasteiger partial charge in [-0.25, -0.2) is 0 Å². The summed E-state index contributed by atoms with van der Waals surface area (Å²) in [5.74, 6) is -0.829. The Kier molecular flexibility index (Phi) is 5.52. The van der Waals surface area contributed by atoms with Crippen LogP contribution in [-0.4, -0.2) is 41.0 Å². The molecule has 1 amide bonds. The van der Waals surface area contributed by atoms with Crippen LogP contribution in [-0.2, 0) is 14.9 Å². The van der Waals surface area contributed by atoms with Crippen molar-refractivity contribution in [3.05, 3.63) is 70.4 Å². The Bertz CT molecular complexity index is 1020. The fourth-order valence-corrected chi connectivity index (χ4v) is 4.28. The third-order valence-corrected chi connectivity index (χ3v) is 6.03. The second-order valence-electron chi connectivity index (χ2n) is 9.37. The molecule has 0 unspecified atom stereocenters. The summed E-state index contributed by atoms with van der Waals surface area (Å²) < 4.78 is 11.2. The van der Waals surface area contributed by atoms with E-state index in [1.54, 1.807) is 24.0 Å². The van der Waals surface area contributed by atoms with E-state index in [1.165, 1.54) is 0 Å². The molecule has 6 nitrogen and oxygen atoms in total. The van der Waals surface area contributed by atoms with Gasteiger partial charge in [-0.2, -0.15) is 0 Å². The van der Waals surface area contributed by atoms with Gasteiger partial charge in [0.2, 0.25) is 5.78 Å². The van der Waals surface area contributed by atoms with E-state index < -0.39 is 23.5 Å². The van der Waals surface area contributed by atoms with Gasteiger partial charge in [-0.05, 0) is 48.4 Å². The van der Waals surface area contributed by atoms with E-state index in [4.69, 9.17) is 9.15 Å². The average molecular weight is 424 g/mol. The Morgan fingerprint density at radius 1 is 1.16 bits per heavy atom. The van der Waals surface area contributed by atoms with Crippen LogP contribution in [0.3, 0.4) is 0 Å². The lowest BCUT2D eigenvalue weighted by atomic mass is 9.85. The molecule has 1 fully saturated rings. The lowest BCUT2D eigenvalue weighted by Gasteiger charge is -2.29. The molecule has 0 aliphatic carbocycles. The van der Waals surface area contributed by atoms with Crippen LogP contribution < -0.4 is 0 Å². The third kappa shape index (κ3) is 4.04. The van der Waals surface area contributed by atoms with E-state index in [2.05, 4.69) is 20.8 Å². The van der Waals surface area contributed by atoms with Crippen molar-refractivity contribution in [2.45, 2.75) is 58.1 Å². The molecule has 2 aliphatic rings. The minimum absolute atomic E-state index is 0.0241. The maximum Gasteiger partial charge on any atom is 0.290 e. The monoisotopic (exact) mass is 423 g/mol. The van der Waals surface area contributed by atoms with E-state index in [0.29, 0.717) is 18.9 Å². The minimum atomic E-state index is -0.691. The molecule has 2 aliphatic heterocycles. The molecule has 3 heterocycles. The number of ketones is 1. The molecular weight excluding hydrogens is 394 g/mol. The number of rotatable bonds is 5. The van der Waals surface area contributed by atoms with Gasteiger partial charge in [0.05, 0.1) is 17.7 Å². The quantitative estimate of drug-likeness (QED) is 0.709. The van der Waals surface area contributed by atoms with Crippen LogP contribution in [0.4, 0.5) is 0 Å². The zero-order chi connectivity index (χ0) is 22.3. The van der Waals surface area contributed by atoms with Gasteiger partial charge in [-0.3, -0.25) is 9.59 Å². The number of ether oxygens (including phenoxy) is 1. The van der Waals surface area contributed by atoms with Crippen molar-refractivity contribution in [2.24, 2.45) is 0 Å². The molecular formula is C25H29NO5. The lowest BCUT2D eigenvalue weighted by molar-refractivity contribution is -0.131. The number of furan rings is 1. The van der Waals surface area contributed by atoms with E-state index in [-0.39, 0.29) is 22.9 Å². The molecule has 1 aromatic heterocycles. The van der Waals surface area contributed by atoms with Gasteiger partial charge < -0.3 is 19.2 Å². The van der Waals surface area contributed by atoms with Gasteiger partial charge in [0, 0.05) is 13.2 Å².